The van der Waals surface area contributed by atoms with Gasteiger partial charge in [0.2, 0.25) is 5.95 Å². The molecule has 3 rings (SSSR count). The van der Waals surface area contributed by atoms with Crippen LogP contribution in [0.25, 0.3) is 4.91 Å². The van der Waals surface area contributed by atoms with E-state index in [9.17, 15) is 4.79 Å². The first-order valence-electron chi connectivity index (χ1n) is 7.00. The zero-order valence-corrected chi connectivity index (χ0v) is 15.6. The molecule has 1 aliphatic heterocycles. The molecule has 0 fully saturated rings. The highest BCUT2D eigenvalue weighted by molar-refractivity contribution is 14.1. The lowest BCUT2D eigenvalue weighted by atomic mass is 10.3. The smallest absolute Gasteiger partial charge is 0.227 e. The molecular formula is C16H15IN4OS. The van der Waals surface area contributed by atoms with Crippen molar-refractivity contribution in [3.63, 3.8) is 0 Å². The summed E-state index contributed by atoms with van der Waals surface area (Å²) in [7, 11) is 1.92. The first-order chi connectivity index (χ1) is 11.1. The third-order valence-corrected chi connectivity index (χ3v) is 5.71. The Morgan fingerprint density at radius 2 is 2.04 bits per heavy atom. The Kier molecular flexibility index (Phi) is 4.86. The van der Waals surface area contributed by atoms with Crippen LogP contribution in [0, 0.1) is 3.57 Å². The quantitative estimate of drug-likeness (QED) is 0.580. The molecule has 1 aliphatic rings. The summed E-state index contributed by atoms with van der Waals surface area (Å²) in [6, 6.07) is 9.89. The van der Waals surface area contributed by atoms with Gasteiger partial charge in [0.1, 0.15) is 5.37 Å². The van der Waals surface area contributed by atoms with E-state index in [1.54, 1.807) is 6.20 Å². The van der Waals surface area contributed by atoms with Crippen LogP contribution in [-0.2, 0) is 4.79 Å². The number of carbonyl (C=O) groups is 1. The van der Waals surface area contributed by atoms with E-state index in [-0.39, 0.29) is 5.37 Å². The molecule has 0 saturated carbocycles. The van der Waals surface area contributed by atoms with Gasteiger partial charge >= 0.3 is 0 Å². The van der Waals surface area contributed by atoms with E-state index in [2.05, 4.69) is 37.9 Å². The van der Waals surface area contributed by atoms with Crippen molar-refractivity contribution in [3.05, 3.63) is 51.5 Å². The number of anilines is 2. The first-order valence-corrected chi connectivity index (χ1v) is 8.96. The van der Waals surface area contributed by atoms with E-state index in [0.717, 1.165) is 28.3 Å². The Hall–Kier alpha value is -1.61. The summed E-state index contributed by atoms with van der Waals surface area (Å²) in [5, 5.41) is 3.02. The Labute approximate surface area is 152 Å². The molecule has 0 amide bonds. The average molecular weight is 438 g/mol. The topological polar surface area (TPSA) is 58.1 Å². The van der Waals surface area contributed by atoms with Crippen molar-refractivity contribution < 1.29 is 4.79 Å². The van der Waals surface area contributed by atoms with E-state index >= 15 is 0 Å². The van der Waals surface area contributed by atoms with Gasteiger partial charge < -0.3 is 15.0 Å². The van der Waals surface area contributed by atoms with Gasteiger partial charge in [-0.3, -0.25) is 0 Å². The molecule has 118 valence electrons. The fourth-order valence-electron chi connectivity index (χ4n) is 2.21. The van der Waals surface area contributed by atoms with Crippen molar-refractivity contribution >= 4 is 57.2 Å². The number of carbonyl (C=O) groups excluding carboxylic acids is 1. The van der Waals surface area contributed by atoms with E-state index in [0.29, 0.717) is 5.95 Å². The van der Waals surface area contributed by atoms with Crippen molar-refractivity contribution in [2.45, 2.75) is 12.3 Å². The minimum Gasteiger partial charge on any atom is -0.359 e. The number of aldehydes is 1. The third kappa shape index (κ3) is 3.50. The molecule has 1 atom stereocenters. The van der Waals surface area contributed by atoms with E-state index in [4.69, 9.17) is 0 Å². The highest BCUT2D eigenvalue weighted by Crippen LogP contribution is 2.41. The van der Waals surface area contributed by atoms with E-state index in [1.165, 1.54) is 15.3 Å². The summed E-state index contributed by atoms with van der Waals surface area (Å²) in [4.78, 5) is 23.0. The summed E-state index contributed by atoms with van der Waals surface area (Å²) in [5.41, 5.74) is 2.81. The fourth-order valence-corrected chi connectivity index (χ4v) is 3.73. The van der Waals surface area contributed by atoms with Crippen LogP contribution >= 0.6 is 34.4 Å². The van der Waals surface area contributed by atoms with E-state index < -0.39 is 0 Å². The van der Waals surface area contributed by atoms with Gasteiger partial charge in [0.25, 0.3) is 0 Å². The second-order valence-corrected chi connectivity index (χ2v) is 7.44. The van der Waals surface area contributed by atoms with Crippen LogP contribution in [-0.4, -0.2) is 33.6 Å². The zero-order valence-electron chi connectivity index (χ0n) is 12.7. The summed E-state index contributed by atoms with van der Waals surface area (Å²) < 4.78 is 1.17. The van der Waals surface area contributed by atoms with Gasteiger partial charge in [-0.1, -0.05) is 11.8 Å². The summed E-state index contributed by atoms with van der Waals surface area (Å²) in [6.07, 6.45) is 2.68. The SMILES string of the molecule is CC1=C(c2ccnc(Nc3ccc(I)cc3)n2)SC(C=O)N1C. The number of rotatable bonds is 4. The van der Waals surface area contributed by atoms with Crippen molar-refractivity contribution in [3.8, 4) is 0 Å². The van der Waals surface area contributed by atoms with Crippen LogP contribution < -0.4 is 5.32 Å². The second-order valence-electron chi connectivity index (χ2n) is 5.07. The second kappa shape index (κ2) is 6.88. The maximum Gasteiger partial charge on any atom is 0.227 e. The molecule has 2 aromatic rings. The molecule has 0 radical (unpaired) electrons. The predicted molar refractivity (Wildman–Crippen MR) is 102 cm³/mol. The van der Waals surface area contributed by atoms with Crippen LogP contribution in [0.4, 0.5) is 11.6 Å². The highest BCUT2D eigenvalue weighted by atomic mass is 127. The molecule has 0 saturated heterocycles. The molecule has 23 heavy (non-hydrogen) atoms. The summed E-state index contributed by atoms with van der Waals surface area (Å²) in [6.45, 7) is 2.00. The number of allylic oxidation sites excluding steroid dienone is 1. The number of nitrogens with one attached hydrogen (secondary N) is 1. The van der Waals surface area contributed by atoms with Crippen LogP contribution in [0.15, 0.2) is 42.2 Å². The van der Waals surface area contributed by atoms with Gasteiger partial charge in [0.05, 0.1) is 10.6 Å². The first kappa shape index (κ1) is 16.3. The molecule has 1 unspecified atom stereocenters. The van der Waals surface area contributed by atoms with Gasteiger partial charge in [0, 0.05) is 28.2 Å². The third-order valence-electron chi connectivity index (χ3n) is 3.58. The van der Waals surface area contributed by atoms with Crippen molar-refractivity contribution in [2.75, 3.05) is 12.4 Å². The minimum atomic E-state index is -0.187. The minimum absolute atomic E-state index is 0.187. The van der Waals surface area contributed by atoms with Crippen molar-refractivity contribution in [2.24, 2.45) is 0 Å². The Balaban J connectivity index is 1.86. The van der Waals surface area contributed by atoms with Gasteiger partial charge in [-0.15, -0.1) is 0 Å². The molecule has 1 aromatic heterocycles. The number of likely N-dealkylation sites (N-methyl/N-ethyl adjacent to an activating group) is 1. The number of hydrogen-bond donors (Lipinski definition) is 1. The summed E-state index contributed by atoms with van der Waals surface area (Å²) in [5.74, 6) is 0.543. The fraction of sp³-hybridized carbons (Fsp3) is 0.188. The lowest BCUT2D eigenvalue weighted by molar-refractivity contribution is -0.109. The maximum absolute atomic E-state index is 11.1. The standard InChI is InChI=1S/C16H15IN4OS/c1-10-15(23-14(9-22)21(10)2)13-7-8-18-16(20-13)19-12-5-3-11(17)4-6-12/h3-9,14H,1-2H3,(H,18,19,20). The zero-order chi connectivity index (χ0) is 16.4. The number of halogens is 1. The number of thioether (sulfide) groups is 1. The van der Waals surface area contributed by atoms with E-state index in [1.807, 2.05) is 49.2 Å². The molecule has 0 aliphatic carbocycles. The Morgan fingerprint density at radius 1 is 1.30 bits per heavy atom. The van der Waals surface area contributed by atoms with Gasteiger partial charge in [-0.25, -0.2) is 9.97 Å². The number of benzene rings is 1. The monoisotopic (exact) mass is 438 g/mol. The van der Waals surface area contributed by atoms with Crippen LogP contribution in [0.1, 0.15) is 12.6 Å². The molecule has 5 nitrogen and oxygen atoms in total. The van der Waals surface area contributed by atoms with Gasteiger partial charge in [-0.2, -0.15) is 0 Å². The lowest BCUT2D eigenvalue weighted by Crippen LogP contribution is -2.23. The molecule has 1 aromatic carbocycles. The van der Waals surface area contributed by atoms with Gasteiger partial charge in [0.15, 0.2) is 6.29 Å². The molecule has 1 N–H and O–H groups in total. The van der Waals surface area contributed by atoms with Crippen molar-refractivity contribution in [1.82, 2.24) is 14.9 Å². The number of aromatic nitrogens is 2. The van der Waals surface area contributed by atoms with Crippen LogP contribution in [0.2, 0.25) is 0 Å². The highest BCUT2D eigenvalue weighted by Gasteiger charge is 2.28. The van der Waals surface area contributed by atoms with Crippen LogP contribution in [0.5, 0.6) is 0 Å². The molecule has 2 heterocycles. The predicted octanol–water partition coefficient (Wildman–Crippen LogP) is 3.72. The number of nitrogens with zero attached hydrogens (tertiary/aromatic N) is 3. The normalized spacial score (nSPS) is 17.5. The Morgan fingerprint density at radius 3 is 2.70 bits per heavy atom. The Bertz CT molecular complexity index is 763. The molecular weight excluding hydrogens is 423 g/mol. The largest absolute Gasteiger partial charge is 0.359 e. The van der Waals surface area contributed by atoms with Gasteiger partial charge in [-0.05, 0) is 59.8 Å². The van der Waals surface area contributed by atoms with Crippen LogP contribution in [0.3, 0.4) is 0 Å². The maximum atomic E-state index is 11.1. The molecule has 0 bridgehead atoms. The molecule has 7 heteroatoms. The number of hydrogen-bond acceptors (Lipinski definition) is 6. The molecule has 0 spiro atoms. The summed E-state index contributed by atoms with van der Waals surface area (Å²) >= 11 is 3.78. The average Bonchev–Trinajstić information content (AvgIpc) is 2.85. The lowest BCUT2D eigenvalue weighted by Gasteiger charge is -2.16. The van der Waals surface area contributed by atoms with Crippen molar-refractivity contribution in [1.29, 1.82) is 0 Å².